The van der Waals surface area contributed by atoms with Gasteiger partial charge in [-0.25, -0.2) is 0 Å². The molecule has 0 spiro atoms. The Balaban J connectivity index is 1.13. The Bertz CT molecular complexity index is 3050. The van der Waals surface area contributed by atoms with Crippen molar-refractivity contribution >= 4 is 38.9 Å². The third-order valence-corrected chi connectivity index (χ3v) is 11.6. The van der Waals surface area contributed by atoms with Gasteiger partial charge in [-0.2, -0.15) is 0 Å². The third-order valence-electron chi connectivity index (χ3n) is 11.6. The highest BCUT2D eigenvalue weighted by atomic mass is 15.1. The van der Waals surface area contributed by atoms with Crippen LogP contribution in [0.5, 0.6) is 0 Å². The van der Waals surface area contributed by atoms with E-state index in [1.54, 1.807) is 0 Å². The predicted molar refractivity (Wildman–Crippen MR) is 240 cm³/mol. The maximum atomic E-state index is 2.46. The number of nitrogens with zero attached hydrogens (tertiary/aromatic N) is 2. The van der Waals surface area contributed by atoms with Crippen LogP contribution in [0.3, 0.4) is 0 Å². The molecule has 1 aliphatic carbocycles. The van der Waals surface area contributed by atoms with Crippen LogP contribution in [0.4, 0.5) is 17.1 Å². The molecule has 11 rings (SSSR count). The molecule has 2 heteroatoms. The molecule has 57 heavy (non-hydrogen) atoms. The van der Waals surface area contributed by atoms with E-state index < -0.39 is 0 Å². The minimum absolute atomic E-state index is 0.932. The van der Waals surface area contributed by atoms with E-state index in [0.717, 1.165) is 34.7 Å². The second-order valence-corrected chi connectivity index (χ2v) is 14.9. The molecule has 0 N–H and O–H groups in total. The molecule has 0 bridgehead atoms. The first-order valence-electron chi connectivity index (χ1n) is 19.7. The zero-order valence-corrected chi connectivity index (χ0v) is 31.4. The fraction of sp³-hybridized carbons (Fsp3) is 0.0182. The molecule has 0 atom stereocenters. The minimum Gasteiger partial charge on any atom is -0.310 e. The van der Waals surface area contributed by atoms with Crippen molar-refractivity contribution in [2.75, 3.05) is 4.90 Å². The molecule has 0 unspecified atom stereocenters. The molecule has 0 saturated carbocycles. The number of para-hydroxylation sites is 3. The van der Waals surface area contributed by atoms with Gasteiger partial charge in [-0.3, -0.25) is 0 Å². The Hall–Kier alpha value is -7.42. The molecule has 1 aliphatic rings. The Kier molecular flexibility index (Phi) is 7.93. The van der Waals surface area contributed by atoms with E-state index in [2.05, 4.69) is 228 Å². The fourth-order valence-corrected chi connectivity index (χ4v) is 9.00. The van der Waals surface area contributed by atoms with E-state index in [1.807, 2.05) is 0 Å². The third kappa shape index (κ3) is 5.65. The van der Waals surface area contributed by atoms with E-state index in [9.17, 15) is 0 Å². The smallest absolute Gasteiger partial charge is 0.0541 e. The van der Waals surface area contributed by atoms with Crippen molar-refractivity contribution < 1.29 is 0 Å². The average Bonchev–Trinajstić information content (AvgIpc) is 3.83. The van der Waals surface area contributed by atoms with Crippen molar-refractivity contribution in [2.24, 2.45) is 0 Å². The summed E-state index contributed by atoms with van der Waals surface area (Å²) in [5.41, 5.74) is 19.4. The second-order valence-electron chi connectivity index (χ2n) is 14.9. The summed E-state index contributed by atoms with van der Waals surface area (Å²) in [7, 11) is 0. The van der Waals surface area contributed by atoms with Gasteiger partial charge in [-0.15, -0.1) is 0 Å². The van der Waals surface area contributed by atoms with E-state index in [0.29, 0.717) is 0 Å². The van der Waals surface area contributed by atoms with Crippen molar-refractivity contribution in [2.45, 2.75) is 6.42 Å². The van der Waals surface area contributed by atoms with Crippen molar-refractivity contribution in [3.8, 4) is 50.2 Å². The van der Waals surface area contributed by atoms with Gasteiger partial charge in [-0.05, 0) is 106 Å². The van der Waals surface area contributed by atoms with E-state index in [-0.39, 0.29) is 0 Å². The molecule has 0 fully saturated rings. The fourth-order valence-electron chi connectivity index (χ4n) is 9.00. The maximum Gasteiger partial charge on any atom is 0.0541 e. The summed E-state index contributed by atoms with van der Waals surface area (Å²) in [6, 6.07) is 79.7. The summed E-state index contributed by atoms with van der Waals surface area (Å²) < 4.78 is 2.43. The Morgan fingerprint density at radius 1 is 0.333 bits per heavy atom. The first-order valence-corrected chi connectivity index (χ1v) is 19.7. The van der Waals surface area contributed by atoms with Crippen LogP contribution < -0.4 is 4.90 Å². The topological polar surface area (TPSA) is 8.17 Å². The highest BCUT2D eigenvalue weighted by Gasteiger charge is 2.24. The molecule has 1 aromatic heterocycles. The average molecular weight is 727 g/mol. The Morgan fingerprint density at radius 3 is 1.70 bits per heavy atom. The van der Waals surface area contributed by atoms with E-state index in [4.69, 9.17) is 0 Å². The van der Waals surface area contributed by atoms with Crippen molar-refractivity contribution in [1.29, 1.82) is 0 Å². The quantitative estimate of drug-likeness (QED) is 0.159. The molecule has 1 heterocycles. The highest BCUT2D eigenvalue weighted by molar-refractivity contribution is 6.10. The Labute approximate surface area is 333 Å². The highest BCUT2D eigenvalue weighted by Crippen LogP contribution is 2.47. The zero-order chi connectivity index (χ0) is 37.7. The maximum absolute atomic E-state index is 2.46. The standard InChI is InChI=1S/C55H38N2/c1-3-16-38(17-4-1)40-21-15-22-44(35-40)56(45-31-32-47-43(36-45)34-41-20-7-8-23-46(41)47)55-33-30-42(37-51(55)39-18-5-2-6-19-39)48-24-9-12-27-52(48)57-53-28-13-10-25-49(53)50-26-11-14-29-54(50)57/h1-33,35-37H,34H2. The number of anilines is 3. The number of hydrogen-bond acceptors (Lipinski definition) is 1. The molecule has 0 aliphatic heterocycles. The van der Waals surface area contributed by atoms with Crippen LogP contribution in [0.1, 0.15) is 11.1 Å². The molecule has 0 radical (unpaired) electrons. The zero-order valence-electron chi connectivity index (χ0n) is 31.4. The van der Waals surface area contributed by atoms with Crippen molar-refractivity contribution in [1.82, 2.24) is 4.57 Å². The summed E-state index contributed by atoms with van der Waals surface area (Å²) in [4.78, 5) is 2.46. The lowest BCUT2D eigenvalue weighted by Crippen LogP contribution is -2.12. The summed E-state index contributed by atoms with van der Waals surface area (Å²) in [5.74, 6) is 0. The molecule has 268 valence electrons. The van der Waals surface area contributed by atoms with Gasteiger partial charge in [0.05, 0.1) is 22.4 Å². The summed E-state index contributed by atoms with van der Waals surface area (Å²) in [6.45, 7) is 0. The molecule has 9 aromatic carbocycles. The van der Waals surface area contributed by atoms with Crippen molar-refractivity contribution in [3.05, 3.63) is 230 Å². The van der Waals surface area contributed by atoms with Gasteiger partial charge in [0.2, 0.25) is 0 Å². The molecule has 2 nitrogen and oxygen atoms in total. The SMILES string of the molecule is c1ccc(-c2cccc(N(c3ccc4c(c3)Cc3ccccc3-4)c3ccc(-c4ccccc4-n4c5ccccc5c5ccccc54)cc3-c3ccccc3)c2)cc1. The predicted octanol–water partition coefficient (Wildman–Crippen LogP) is 14.8. The molecule has 0 saturated heterocycles. The van der Waals surface area contributed by atoms with Gasteiger partial charge < -0.3 is 9.47 Å². The van der Waals surface area contributed by atoms with Gasteiger partial charge in [0.15, 0.2) is 0 Å². The van der Waals surface area contributed by atoms with Gasteiger partial charge >= 0.3 is 0 Å². The second kappa shape index (κ2) is 13.7. The van der Waals surface area contributed by atoms with Crippen LogP contribution >= 0.6 is 0 Å². The largest absolute Gasteiger partial charge is 0.310 e. The monoisotopic (exact) mass is 726 g/mol. The van der Waals surface area contributed by atoms with Gasteiger partial charge in [0.1, 0.15) is 0 Å². The van der Waals surface area contributed by atoms with Crippen molar-refractivity contribution in [3.63, 3.8) is 0 Å². The number of fused-ring (bicyclic) bond motifs is 6. The van der Waals surface area contributed by atoms with Gasteiger partial charge in [-0.1, -0.05) is 164 Å². The minimum atomic E-state index is 0.932. The molecule has 10 aromatic rings. The van der Waals surface area contributed by atoms with E-state index in [1.165, 1.54) is 71.9 Å². The van der Waals surface area contributed by atoms with Gasteiger partial charge in [0, 0.05) is 33.3 Å². The molecular weight excluding hydrogens is 689 g/mol. The lowest BCUT2D eigenvalue weighted by molar-refractivity contribution is 1.18. The number of aromatic nitrogens is 1. The summed E-state index contributed by atoms with van der Waals surface area (Å²) in [5, 5.41) is 2.52. The van der Waals surface area contributed by atoms with Crippen LogP contribution in [0.2, 0.25) is 0 Å². The van der Waals surface area contributed by atoms with Crippen LogP contribution in [-0.4, -0.2) is 4.57 Å². The van der Waals surface area contributed by atoms with Gasteiger partial charge in [0.25, 0.3) is 0 Å². The lowest BCUT2D eigenvalue weighted by Gasteiger charge is -2.29. The van der Waals surface area contributed by atoms with E-state index >= 15 is 0 Å². The van der Waals surface area contributed by atoms with Crippen LogP contribution in [0, 0.1) is 0 Å². The first-order chi connectivity index (χ1) is 28.3. The summed E-state index contributed by atoms with van der Waals surface area (Å²) in [6.07, 6.45) is 0.932. The van der Waals surface area contributed by atoms with Crippen LogP contribution in [-0.2, 0) is 6.42 Å². The first kappa shape index (κ1) is 33.0. The molecular formula is C55H38N2. The molecule has 0 amide bonds. The lowest BCUT2D eigenvalue weighted by atomic mass is 9.94. The normalized spacial score (nSPS) is 11.8. The summed E-state index contributed by atoms with van der Waals surface area (Å²) >= 11 is 0. The number of benzene rings is 9. The number of hydrogen-bond donors (Lipinski definition) is 0. The number of rotatable bonds is 7. The Morgan fingerprint density at radius 2 is 0.930 bits per heavy atom. The van der Waals surface area contributed by atoms with Crippen LogP contribution in [0.15, 0.2) is 218 Å². The van der Waals surface area contributed by atoms with Crippen LogP contribution in [0.25, 0.3) is 72.0 Å².